The smallest absolute Gasteiger partial charge is 0.259 e. The van der Waals surface area contributed by atoms with Gasteiger partial charge in [-0.05, 0) is 55.4 Å². The van der Waals surface area contributed by atoms with Crippen LogP contribution in [-0.4, -0.2) is 32.4 Å². The van der Waals surface area contributed by atoms with Crippen molar-refractivity contribution in [1.29, 1.82) is 5.26 Å². The third kappa shape index (κ3) is 4.57. The van der Waals surface area contributed by atoms with Gasteiger partial charge in [-0.1, -0.05) is 55.8 Å². The summed E-state index contributed by atoms with van der Waals surface area (Å²) in [7, 11) is 0. The highest BCUT2D eigenvalue weighted by molar-refractivity contribution is 5.70. The number of aryl methyl sites for hydroxylation is 2. The Morgan fingerprint density at radius 2 is 1.86 bits per heavy atom. The number of rotatable bonds is 7. The Kier molecular flexibility index (Phi) is 6.97. The van der Waals surface area contributed by atoms with Gasteiger partial charge in [0.2, 0.25) is 5.78 Å². The summed E-state index contributed by atoms with van der Waals surface area (Å²) in [6.45, 7) is 5.33. The lowest BCUT2D eigenvalue weighted by Crippen LogP contribution is -2.34. The predicted octanol–water partition coefficient (Wildman–Crippen LogP) is 5.02. The molecule has 7 heteroatoms. The fraction of sp³-hybridized carbons (Fsp3) is 0.379. The maximum absolute atomic E-state index is 14.1. The molecule has 5 rings (SSSR count). The van der Waals surface area contributed by atoms with Gasteiger partial charge in [0.15, 0.2) is 0 Å². The van der Waals surface area contributed by atoms with Crippen molar-refractivity contribution in [3.05, 3.63) is 87.1 Å². The molecular weight excluding hydrogens is 450 g/mol. The SMILES string of the molecule is CCCCc1c(Cc2ccc(-c3ccccc3C#N)cc2)c(=O)n(C2CCOCC2)c2nc(C)nn12. The van der Waals surface area contributed by atoms with E-state index in [2.05, 4.69) is 30.1 Å². The van der Waals surface area contributed by atoms with E-state index in [0.717, 1.165) is 60.1 Å². The molecule has 184 valence electrons. The monoisotopic (exact) mass is 481 g/mol. The number of aromatic nitrogens is 4. The van der Waals surface area contributed by atoms with Crippen molar-refractivity contribution in [3.63, 3.8) is 0 Å². The van der Waals surface area contributed by atoms with Gasteiger partial charge in [0.1, 0.15) is 5.82 Å². The molecule has 0 radical (unpaired) electrons. The highest BCUT2D eigenvalue weighted by Crippen LogP contribution is 2.26. The van der Waals surface area contributed by atoms with Gasteiger partial charge < -0.3 is 4.74 Å². The second kappa shape index (κ2) is 10.5. The molecule has 4 aromatic rings. The number of ether oxygens (including phenoxy) is 1. The number of unbranched alkanes of at least 4 members (excludes halogenated alkanes) is 1. The van der Waals surface area contributed by atoms with E-state index in [1.807, 2.05) is 52.4 Å². The highest BCUT2D eigenvalue weighted by Gasteiger charge is 2.25. The van der Waals surface area contributed by atoms with E-state index < -0.39 is 0 Å². The molecule has 0 atom stereocenters. The van der Waals surface area contributed by atoms with Gasteiger partial charge in [-0.25, -0.2) is 4.52 Å². The Balaban J connectivity index is 1.59. The molecule has 0 aliphatic carbocycles. The van der Waals surface area contributed by atoms with Crippen LogP contribution >= 0.6 is 0 Å². The van der Waals surface area contributed by atoms with Gasteiger partial charge in [-0.15, -0.1) is 0 Å². The summed E-state index contributed by atoms with van der Waals surface area (Å²) >= 11 is 0. The first-order valence-corrected chi connectivity index (χ1v) is 12.8. The van der Waals surface area contributed by atoms with Gasteiger partial charge in [0.05, 0.1) is 17.3 Å². The van der Waals surface area contributed by atoms with Crippen LogP contribution < -0.4 is 5.56 Å². The van der Waals surface area contributed by atoms with E-state index in [-0.39, 0.29) is 11.6 Å². The molecule has 2 aromatic carbocycles. The van der Waals surface area contributed by atoms with Gasteiger partial charge in [0, 0.05) is 31.2 Å². The van der Waals surface area contributed by atoms with E-state index in [4.69, 9.17) is 9.84 Å². The first-order chi connectivity index (χ1) is 17.6. The van der Waals surface area contributed by atoms with E-state index in [1.165, 1.54) is 0 Å². The second-order valence-corrected chi connectivity index (χ2v) is 9.45. The van der Waals surface area contributed by atoms with Crippen LogP contribution in [0.1, 0.15) is 66.9 Å². The van der Waals surface area contributed by atoms with Gasteiger partial charge in [-0.2, -0.15) is 15.3 Å². The zero-order valence-corrected chi connectivity index (χ0v) is 20.9. The fourth-order valence-corrected chi connectivity index (χ4v) is 5.12. The molecule has 0 saturated carbocycles. The molecule has 3 heterocycles. The Hall–Kier alpha value is -3.76. The topological polar surface area (TPSA) is 85.2 Å². The summed E-state index contributed by atoms with van der Waals surface area (Å²) in [5.41, 5.74) is 5.39. The second-order valence-electron chi connectivity index (χ2n) is 9.45. The number of hydrogen-bond donors (Lipinski definition) is 0. The van der Waals surface area contributed by atoms with Crippen LogP contribution in [0.4, 0.5) is 0 Å². The predicted molar refractivity (Wildman–Crippen MR) is 139 cm³/mol. The van der Waals surface area contributed by atoms with Gasteiger partial charge in [0.25, 0.3) is 5.56 Å². The zero-order chi connectivity index (χ0) is 25.1. The summed E-state index contributed by atoms with van der Waals surface area (Å²) < 4.78 is 9.34. The van der Waals surface area contributed by atoms with Crippen LogP contribution in [0.5, 0.6) is 0 Å². The van der Waals surface area contributed by atoms with Crippen LogP contribution in [0.25, 0.3) is 16.9 Å². The lowest BCUT2D eigenvalue weighted by molar-refractivity contribution is 0.0693. The van der Waals surface area contributed by atoms with Crippen molar-refractivity contribution in [1.82, 2.24) is 19.2 Å². The Labute approximate surface area is 211 Å². The number of nitriles is 1. The lowest BCUT2D eigenvalue weighted by atomic mass is 9.96. The molecule has 0 unspecified atom stereocenters. The maximum atomic E-state index is 14.1. The number of hydrogen-bond acceptors (Lipinski definition) is 5. The first-order valence-electron chi connectivity index (χ1n) is 12.8. The molecule has 7 nitrogen and oxygen atoms in total. The van der Waals surface area contributed by atoms with Crippen molar-refractivity contribution >= 4 is 5.78 Å². The van der Waals surface area contributed by atoms with Crippen LogP contribution in [0.15, 0.2) is 53.3 Å². The summed E-state index contributed by atoms with van der Waals surface area (Å²) in [6.07, 6.45) is 4.90. The molecule has 1 aliphatic rings. The van der Waals surface area contributed by atoms with Crippen molar-refractivity contribution in [3.8, 4) is 17.2 Å². The summed E-state index contributed by atoms with van der Waals surface area (Å²) in [5, 5.41) is 14.2. The Morgan fingerprint density at radius 1 is 1.11 bits per heavy atom. The highest BCUT2D eigenvalue weighted by atomic mass is 16.5. The Bertz CT molecular complexity index is 1470. The van der Waals surface area contributed by atoms with Crippen LogP contribution in [0.3, 0.4) is 0 Å². The van der Waals surface area contributed by atoms with Gasteiger partial charge >= 0.3 is 0 Å². The maximum Gasteiger partial charge on any atom is 0.259 e. The summed E-state index contributed by atoms with van der Waals surface area (Å²) in [5.74, 6) is 1.31. The molecule has 36 heavy (non-hydrogen) atoms. The van der Waals surface area contributed by atoms with Crippen LogP contribution in [0.2, 0.25) is 0 Å². The number of nitrogens with zero attached hydrogens (tertiary/aromatic N) is 5. The molecule has 0 bridgehead atoms. The van der Waals surface area contributed by atoms with Crippen molar-refractivity contribution < 1.29 is 4.74 Å². The minimum absolute atomic E-state index is 0.0341. The zero-order valence-electron chi connectivity index (χ0n) is 20.9. The third-order valence-electron chi connectivity index (χ3n) is 7.01. The molecule has 2 aromatic heterocycles. The summed E-state index contributed by atoms with van der Waals surface area (Å²) in [4.78, 5) is 18.7. The van der Waals surface area contributed by atoms with E-state index in [9.17, 15) is 10.1 Å². The normalized spacial score (nSPS) is 14.2. The molecule has 0 N–H and O–H groups in total. The van der Waals surface area contributed by atoms with Crippen molar-refractivity contribution in [2.75, 3.05) is 13.2 Å². The molecule has 1 aliphatic heterocycles. The standard InChI is InChI=1S/C29H31N5O2/c1-3-4-9-27-26(18-21-10-12-22(13-11-21)25-8-6-5-7-23(25)19-30)28(35)33(24-14-16-36-17-15-24)29-31-20(2)32-34(27)29/h5-8,10-13,24H,3-4,9,14-18H2,1-2H3. The van der Waals surface area contributed by atoms with E-state index in [1.54, 1.807) is 0 Å². The van der Waals surface area contributed by atoms with Crippen LogP contribution in [0, 0.1) is 18.3 Å². The average molecular weight is 482 g/mol. The van der Waals surface area contributed by atoms with Crippen LogP contribution in [-0.2, 0) is 17.6 Å². The molecular formula is C29H31N5O2. The number of fused-ring (bicyclic) bond motifs is 1. The molecule has 1 saturated heterocycles. The van der Waals surface area contributed by atoms with Gasteiger partial charge in [-0.3, -0.25) is 9.36 Å². The van der Waals surface area contributed by atoms with Crippen molar-refractivity contribution in [2.45, 2.75) is 58.4 Å². The molecule has 1 fully saturated rings. The quantitative estimate of drug-likeness (QED) is 0.370. The van der Waals surface area contributed by atoms with E-state index >= 15 is 0 Å². The average Bonchev–Trinajstić information content (AvgIpc) is 3.30. The largest absolute Gasteiger partial charge is 0.381 e. The van der Waals surface area contributed by atoms with E-state index in [0.29, 0.717) is 36.8 Å². The summed E-state index contributed by atoms with van der Waals surface area (Å²) in [6, 6.07) is 18.1. The molecule has 0 spiro atoms. The molecule has 0 amide bonds. The lowest BCUT2D eigenvalue weighted by Gasteiger charge is -2.26. The van der Waals surface area contributed by atoms with Crippen molar-refractivity contribution in [2.24, 2.45) is 0 Å². The third-order valence-corrected chi connectivity index (χ3v) is 7.01. The Morgan fingerprint density at radius 3 is 2.58 bits per heavy atom. The minimum Gasteiger partial charge on any atom is -0.381 e. The first kappa shape index (κ1) is 24.0. The fourth-order valence-electron chi connectivity index (χ4n) is 5.12. The number of benzene rings is 2. The minimum atomic E-state index is 0.0341.